The van der Waals surface area contributed by atoms with E-state index >= 15 is 0 Å². The SMILES string of the molecule is Cc1ccc(OCCC(=O)NC2CCC(C(=O)O)CC2)c(C)c1. The van der Waals surface area contributed by atoms with Crippen molar-refractivity contribution in [3.05, 3.63) is 29.3 Å². The molecule has 126 valence electrons. The van der Waals surface area contributed by atoms with Gasteiger partial charge in [-0.3, -0.25) is 9.59 Å². The van der Waals surface area contributed by atoms with Crippen LogP contribution in [0.3, 0.4) is 0 Å². The normalized spacial score (nSPS) is 20.8. The monoisotopic (exact) mass is 319 g/mol. The van der Waals surface area contributed by atoms with Crippen LogP contribution in [0.25, 0.3) is 0 Å². The zero-order chi connectivity index (χ0) is 16.8. The second-order valence-corrected chi connectivity index (χ2v) is 6.32. The second-order valence-electron chi connectivity index (χ2n) is 6.32. The first-order chi connectivity index (χ1) is 11.0. The van der Waals surface area contributed by atoms with Crippen molar-refractivity contribution in [1.29, 1.82) is 0 Å². The summed E-state index contributed by atoms with van der Waals surface area (Å²) < 4.78 is 5.66. The van der Waals surface area contributed by atoms with Crippen molar-refractivity contribution in [2.24, 2.45) is 5.92 Å². The van der Waals surface area contributed by atoms with Crippen LogP contribution in [0.15, 0.2) is 18.2 Å². The van der Waals surface area contributed by atoms with Gasteiger partial charge < -0.3 is 15.2 Å². The molecule has 23 heavy (non-hydrogen) atoms. The molecule has 5 heteroatoms. The lowest BCUT2D eigenvalue weighted by atomic mass is 9.86. The third-order valence-corrected chi connectivity index (χ3v) is 4.36. The zero-order valence-corrected chi connectivity index (χ0v) is 13.8. The molecule has 2 rings (SSSR count). The predicted octanol–water partition coefficient (Wildman–Crippen LogP) is 2.83. The van der Waals surface area contributed by atoms with E-state index in [1.165, 1.54) is 5.56 Å². The van der Waals surface area contributed by atoms with Gasteiger partial charge in [0.2, 0.25) is 5.91 Å². The summed E-state index contributed by atoms with van der Waals surface area (Å²) in [6.45, 7) is 4.37. The first-order valence-corrected chi connectivity index (χ1v) is 8.18. The highest BCUT2D eigenvalue weighted by molar-refractivity contribution is 5.76. The summed E-state index contributed by atoms with van der Waals surface area (Å²) in [7, 11) is 0. The quantitative estimate of drug-likeness (QED) is 0.845. The summed E-state index contributed by atoms with van der Waals surface area (Å²) in [5, 5.41) is 11.9. The third kappa shape index (κ3) is 5.27. The highest BCUT2D eigenvalue weighted by Gasteiger charge is 2.26. The molecule has 0 radical (unpaired) electrons. The topological polar surface area (TPSA) is 75.6 Å². The number of rotatable bonds is 6. The summed E-state index contributed by atoms with van der Waals surface area (Å²) >= 11 is 0. The van der Waals surface area contributed by atoms with Gasteiger partial charge in [0.25, 0.3) is 0 Å². The van der Waals surface area contributed by atoms with Gasteiger partial charge in [0, 0.05) is 6.04 Å². The molecular formula is C18H25NO4. The largest absolute Gasteiger partial charge is 0.493 e. The van der Waals surface area contributed by atoms with Gasteiger partial charge in [-0.25, -0.2) is 0 Å². The number of carboxylic acids is 1. The molecule has 1 amide bonds. The fourth-order valence-corrected chi connectivity index (χ4v) is 3.00. The Balaban J connectivity index is 1.68. The summed E-state index contributed by atoms with van der Waals surface area (Å²) in [5.41, 5.74) is 2.25. The van der Waals surface area contributed by atoms with Gasteiger partial charge >= 0.3 is 5.97 Å². The van der Waals surface area contributed by atoms with Crippen molar-refractivity contribution in [3.8, 4) is 5.75 Å². The third-order valence-electron chi connectivity index (χ3n) is 4.36. The minimum Gasteiger partial charge on any atom is -0.493 e. The molecule has 1 aliphatic rings. The number of carbonyl (C=O) groups is 2. The number of carbonyl (C=O) groups excluding carboxylic acids is 1. The Kier molecular flexibility index (Phi) is 6.02. The van der Waals surface area contributed by atoms with Gasteiger partial charge in [-0.15, -0.1) is 0 Å². The van der Waals surface area contributed by atoms with E-state index < -0.39 is 5.97 Å². The Bertz CT molecular complexity index is 562. The van der Waals surface area contributed by atoms with Crippen LogP contribution in [-0.4, -0.2) is 29.6 Å². The van der Waals surface area contributed by atoms with Crippen LogP contribution in [0.4, 0.5) is 0 Å². The molecule has 0 bridgehead atoms. The van der Waals surface area contributed by atoms with E-state index in [1.807, 2.05) is 26.0 Å². The fraction of sp³-hybridized carbons (Fsp3) is 0.556. The maximum atomic E-state index is 11.9. The average Bonchev–Trinajstić information content (AvgIpc) is 2.50. The first-order valence-electron chi connectivity index (χ1n) is 8.18. The molecule has 5 nitrogen and oxygen atoms in total. The number of ether oxygens (including phenoxy) is 1. The van der Waals surface area contributed by atoms with Gasteiger partial charge in [0.1, 0.15) is 5.75 Å². The van der Waals surface area contributed by atoms with E-state index in [1.54, 1.807) is 0 Å². The lowest BCUT2D eigenvalue weighted by Crippen LogP contribution is -2.39. The number of carboxylic acid groups (broad SMARTS) is 1. The molecule has 1 aliphatic carbocycles. The van der Waals surface area contributed by atoms with Crippen molar-refractivity contribution in [1.82, 2.24) is 5.32 Å². The van der Waals surface area contributed by atoms with Crippen molar-refractivity contribution in [2.75, 3.05) is 6.61 Å². The van der Waals surface area contributed by atoms with Crippen molar-refractivity contribution >= 4 is 11.9 Å². The molecule has 1 fully saturated rings. The van der Waals surface area contributed by atoms with E-state index in [-0.39, 0.29) is 17.9 Å². The average molecular weight is 319 g/mol. The Hall–Kier alpha value is -2.04. The van der Waals surface area contributed by atoms with Gasteiger partial charge in [-0.05, 0) is 51.2 Å². The van der Waals surface area contributed by atoms with Crippen LogP contribution < -0.4 is 10.1 Å². The van der Waals surface area contributed by atoms with E-state index in [0.29, 0.717) is 25.9 Å². The van der Waals surface area contributed by atoms with Crippen molar-refractivity contribution in [3.63, 3.8) is 0 Å². The molecule has 1 aromatic carbocycles. The molecular weight excluding hydrogens is 294 g/mol. The molecule has 0 heterocycles. The number of hydrogen-bond acceptors (Lipinski definition) is 3. The predicted molar refractivity (Wildman–Crippen MR) is 87.6 cm³/mol. The van der Waals surface area contributed by atoms with Gasteiger partial charge in [0.15, 0.2) is 0 Å². The minimum atomic E-state index is -0.725. The summed E-state index contributed by atoms with van der Waals surface area (Å²) in [4.78, 5) is 22.9. The molecule has 1 saturated carbocycles. The number of benzene rings is 1. The van der Waals surface area contributed by atoms with Gasteiger partial charge in [-0.2, -0.15) is 0 Å². The molecule has 0 saturated heterocycles. The molecule has 0 unspecified atom stereocenters. The standard InChI is InChI=1S/C18H25NO4/c1-12-3-8-16(13(2)11-12)23-10-9-17(20)19-15-6-4-14(5-7-15)18(21)22/h3,8,11,14-15H,4-7,9-10H2,1-2H3,(H,19,20)(H,21,22). The van der Waals surface area contributed by atoms with Crippen LogP contribution in [0.5, 0.6) is 5.75 Å². The second kappa shape index (κ2) is 7.99. The summed E-state index contributed by atoms with van der Waals surface area (Å²) in [6, 6.07) is 6.06. The number of aryl methyl sites for hydroxylation is 2. The minimum absolute atomic E-state index is 0.0338. The number of hydrogen-bond donors (Lipinski definition) is 2. The number of nitrogens with one attached hydrogen (secondary N) is 1. The van der Waals surface area contributed by atoms with Gasteiger partial charge in [-0.1, -0.05) is 17.7 Å². The molecule has 2 N–H and O–H groups in total. The molecule has 1 aromatic rings. The molecule has 0 aliphatic heterocycles. The summed E-state index contributed by atoms with van der Waals surface area (Å²) in [5.74, 6) is -0.202. The van der Waals surface area contributed by atoms with E-state index in [0.717, 1.165) is 24.2 Å². The Morgan fingerprint density at radius 2 is 1.91 bits per heavy atom. The maximum Gasteiger partial charge on any atom is 0.306 e. The van der Waals surface area contributed by atoms with E-state index in [2.05, 4.69) is 11.4 Å². The van der Waals surface area contributed by atoms with Crippen LogP contribution in [0.1, 0.15) is 43.2 Å². The van der Waals surface area contributed by atoms with Crippen LogP contribution >= 0.6 is 0 Å². The highest BCUT2D eigenvalue weighted by Crippen LogP contribution is 2.24. The van der Waals surface area contributed by atoms with E-state index in [4.69, 9.17) is 9.84 Å². The summed E-state index contributed by atoms with van der Waals surface area (Å²) in [6.07, 6.45) is 3.06. The van der Waals surface area contributed by atoms with Crippen LogP contribution in [0.2, 0.25) is 0 Å². The fourth-order valence-electron chi connectivity index (χ4n) is 3.00. The Morgan fingerprint density at radius 1 is 1.22 bits per heavy atom. The molecule has 0 spiro atoms. The lowest BCUT2D eigenvalue weighted by Gasteiger charge is -2.26. The Labute approximate surface area is 137 Å². The molecule has 0 atom stereocenters. The van der Waals surface area contributed by atoms with Crippen LogP contribution in [0, 0.1) is 19.8 Å². The zero-order valence-electron chi connectivity index (χ0n) is 13.8. The first kappa shape index (κ1) is 17.3. The molecule has 0 aromatic heterocycles. The van der Waals surface area contributed by atoms with Crippen molar-refractivity contribution in [2.45, 2.75) is 52.0 Å². The van der Waals surface area contributed by atoms with E-state index in [9.17, 15) is 9.59 Å². The lowest BCUT2D eigenvalue weighted by molar-refractivity contribution is -0.142. The maximum absolute atomic E-state index is 11.9. The van der Waals surface area contributed by atoms with Gasteiger partial charge in [0.05, 0.1) is 18.9 Å². The number of amides is 1. The number of aliphatic carboxylic acids is 1. The van der Waals surface area contributed by atoms with Crippen molar-refractivity contribution < 1.29 is 19.4 Å². The highest BCUT2D eigenvalue weighted by atomic mass is 16.5. The van der Waals surface area contributed by atoms with Crippen LogP contribution in [-0.2, 0) is 9.59 Å². The smallest absolute Gasteiger partial charge is 0.306 e. The Morgan fingerprint density at radius 3 is 2.52 bits per heavy atom.